The summed E-state index contributed by atoms with van der Waals surface area (Å²) in [7, 11) is 0. The van der Waals surface area contributed by atoms with Crippen LogP contribution in [0.2, 0.25) is 5.02 Å². The zero-order chi connectivity index (χ0) is 18.2. The minimum absolute atomic E-state index is 0. The van der Waals surface area contributed by atoms with E-state index in [0.29, 0.717) is 49.1 Å². The quantitative estimate of drug-likeness (QED) is 0.731. The number of nitrogens with one attached hydrogen (secondary N) is 1. The van der Waals surface area contributed by atoms with Gasteiger partial charge in [-0.25, -0.2) is 0 Å². The van der Waals surface area contributed by atoms with E-state index in [4.69, 9.17) is 22.1 Å². The average molecular weight is 404 g/mol. The number of nitrogens with two attached hydrogens (primary N) is 1. The Morgan fingerprint density at radius 2 is 2.19 bits per heavy atom. The van der Waals surface area contributed by atoms with Gasteiger partial charge in [0.1, 0.15) is 5.75 Å². The number of likely N-dealkylation sites (tertiary alicyclic amines) is 1. The molecule has 3 N–H and O–H groups in total. The zero-order valence-corrected chi connectivity index (χ0v) is 16.6. The topological polar surface area (TPSA) is 84.7 Å². The highest BCUT2D eigenvalue weighted by Crippen LogP contribution is 2.27. The fourth-order valence-corrected chi connectivity index (χ4v) is 3.06. The Balaban J connectivity index is 0.00000338. The Labute approximate surface area is 165 Å². The fraction of sp³-hybridized carbons (Fsp3) is 0.556. The molecule has 1 atom stereocenters. The predicted octanol–water partition coefficient (Wildman–Crippen LogP) is 2.48. The first kappa shape index (κ1) is 22.5. The molecule has 0 saturated carbocycles. The summed E-state index contributed by atoms with van der Waals surface area (Å²) in [5.41, 5.74) is 5.87. The van der Waals surface area contributed by atoms with Crippen molar-refractivity contribution in [2.75, 3.05) is 32.8 Å². The summed E-state index contributed by atoms with van der Waals surface area (Å²) >= 11 is 6.07. The standard InChI is InChI=1S/C18H26ClN3O3.ClH/c1-2-10-25-16-6-5-14(19)11-15(16)18(24)22-9-3-4-13(12-22)17(23)21-8-7-20;/h5-6,11,13H,2-4,7-10,12,20H2,1H3,(H,21,23);1H. The molecule has 2 amide bonds. The van der Waals surface area contributed by atoms with Gasteiger partial charge < -0.3 is 20.7 Å². The molecule has 1 fully saturated rings. The maximum Gasteiger partial charge on any atom is 0.257 e. The first-order chi connectivity index (χ1) is 12.1. The monoisotopic (exact) mass is 403 g/mol. The van der Waals surface area contributed by atoms with Crippen LogP contribution in [0.15, 0.2) is 18.2 Å². The molecule has 146 valence electrons. The molecule has 1 aliphatic heterocycles. The van der Waals surface area contributed by atoms with Crippen molar-refractivity contribution in [3.05, 3.63) is 28.8 Å². The van der Waals surface area contributed by atoms with E-state index in [1.807, 2.05) is 6.92 Å². The van der Waals surface area contributed by atoms with Crippen LogP contribution >= 0.6 is 24.0 Å². The number of carbonyl (C=O) groups is 2. The van der Waals surface area contributed by atoms with Crippen molar-refractivity contribution in [1.82, 2.24) is 10.2 Å². The maximum atomic E-state index is 13.0. The molecular formula is C18H27Cl2N3O3. The molecule has 0 aliphatic carbocycles. The van der Waals surface area contributed by atoms with Crippen LogP contribution in [0.4, 0.5) is 0 Å². The van der Waals surface area contributed by atoms with Crippen molar-refractivity contribution >= 4 is 35.8 Å². The minimum Gasteiger partial charge on any atom is -0.493 e. The van der Waals surface area contributed by atoms with Crippen LogP contribution in [0.5, 0.6) is 5.75 Å². The van der Waals surface area contributed by atoms with Crippen molar-refractivity contribution in [3.8, 4) is 5.75 Å². The van der Waals surface area contributed by atoms with Crippen molar-refractivity contribution in [1.29, 1.82) is 0 Å². The van der Waals surface area contributed by atoms with Gasteiger partial charge in [0.2, 0.25) is 5.91 Å². The number of hydrogen-bond acceptors (Lipinski definition) is 4. The second-order valence-electron chi connectivity index (χ2n) is 6.16. The third kappa shape index (κ3) is 6.04. The first-order valence-corrected chi connectivity index (χ1v) is 9.14. The van der Waals surface area contributed by atoms with E-state index >= 15 is 0 Å². The SMILES string of the molecule is CCCOc1ccc(Cl)cc1C(=O)N1CCCC(C(=O)NCCN)C1.Cl. The molecule has 1 unspecified atom stereocenters. The molecule has 1 aromatic rings. The van der Waals surface area contributed by atoms with E-state index in [9.17, 15) is 9.59 Å². The molecule has 6 nitrogen and oxygen atoms in total. The second kappa shape index (κ2) is 11.3. The molecule has 26 heavy (non-hydrogen) atoms. The van der Waals surface area contributed by atoms with E-state index in [-0.39, 0.29) is 30.1 Å². The number of nitrogens with zero attached hydrogens (tertiary/aromatic N) is 1. The first-order valence-electron chi connectivity index (χ1n) is 8.76. The average Bonchev–Trinajstić information content (AvgIpc) is 2.64. The van der Waals surface area contributed by atoms with E-state index in [1.165, 1.54) is 0 Å². The number of hydrogen-bond donors (Lipinski definition) is 2. The van der Waals surface area contributed by atoms with Gasteiger partial charge in [-0.3, -0.25) is 9.59 Å². The zero-order valence-electron chi connectivity index (χ0n) is 15.0. The molecule has 1 aromatic carbocycles. The second-order valence-corrected chi connectivity index (χ2v) is 6.60. The van der Waals surface area contributed by atoms with Gasteiger partial charge in [-0.1, -0.05) is 18.5 Å². The van der Waals surface area contributed by atoms with Crippen molar-refractivity contribution in [3.63, 3.8) is 0 Å². The Morgan fingerprint density at radius 1 is 1.42 bits per heavy atom. The van der Waals surface area contributed by atoms with Crippen molar-refractivity contribution in [2.45, 2.75) is 26.2 Å². The number of rotatable bonds is 7. The lowest BCUT2D eigenvalue weighted by atomic mass is 9.96. The van der Waals surface area contributed by atoms with Crippen molar-refractivity contribution in [2.24, 2.45) is 11.7 Å². The third-order valence-corrected chi connectivity index (χ3v) is 4.39. The van der Waals surface area contributed by atoms with Gasteiger partial charge in [-0.05, 0) is 37.5 Å². The van der Waals surface area contributed by atoms with Crippen LogP contribution in [0.1, 0.15) is 36.5 Å². The number of benzene rings is 1. The summed E-state index contributed by atoms with van der Waals surface area (Å²) in [5, 5.41) is 3.29. The normalized spacial score (nSPS) is 16.6. The van der Waals surface area contributed by atoms with Gasteiger partial charge in [0, 0.05) is 31.2 Å². The van der Waals surface area contributed by atoms with Gasteiger partial charge in [-0.15, -0.1) is 12.4 Å². The molecule has 1 saturated heterocycles. The van der Waals surface area contributed by atoms with E-state index in [0.717, 1.165) is 19.3 Å². The molecule has 0 spiro atoms. The summed E-state index contributed by atoms with van der Waals surface area (Å²) in [6.07, 6.45) is 2.41. The van der Waals surface area contributed by atoms with Crippen molar-refractivity contribution < 1.29 is 14.3 Å². The number of piperidine rings is 1. The molecule has 0 aromatic heterocycles. The van der Waals surface area contributed by atoms with Gasteiger partial charge in [0.25, 0.3) is 5.91 Å². The van der Waals surface area contributed by atoms with Crippen LogP contribution in [0.3, 0.4) is 0 Å². The number of carbonyl (C=O) groups excluding carboxylic acids is 2. The van der Waals surface area contributed by atoms with Crippen LogP contribution in [0, 0.1) is 5.92 Å². The van der Waals surface area contributed by atoms with Gasteiger partial charge >= 0.3 is 0 Å². The molecule has 2 rings (SSSR count). The molecule has 1 heterocycles. The van der Waals surface area contributed by atoms with Crippen LogP contribution < -0.4 is 15.8 Å². The Bertz CT molecular complexity index is 613. The summed E-state index contributed by atoms with van der Waals surface area (Å²) in [5.74, 6) is 0.135. The minimum atomic E-state index is -0.205. The van der Waals surface area contributed by atoms with Gasteiger partial charge in [-0.2, -0.15) is 0 Å². The third-order valence-electron chi connectivity index (χ3n) is 4.16. The summed E-state index contributed by atoms with van der Waals surface area (Å²) < 4.78 is 5.68. The van der Waals surface area contributed by atoms with E-state index in [2.05, 4.69) is 5.32 Å². The lowest BCUT2D eigenvalue weighted by Gasteiger charge is -2.32. The number of halogens is 2. The van der Waals surface area contributed by atoms with Crippen LogP contribution in [-0.2, 0) is 4.79 Å². The van der Waals surface area contributed by atoms with Crippen LogP contribution in [0.25, 0.3) is 0 Å². The van der Waals surface area contributed by atoms with Gasteiger partial charge in [0.05, 0.1) is 18.1 Å². The molecular weight excluding hydrogens is 377 g/mol. The highest BCUT2D eigenvalue weighted by atomic mass is 35.5. The lowest BCUT2D eigenvalue weighted by Crippen LogP contribution is -2.46. The highest BCUT2D eigenvalue weighted by Gasteiger charge is 2.30. The Morgan fingerprint density at radius 3 is 2.88 bits per heavy atom. The van der Waals surface area contributed by atoms with E-state index < -0.39 is 0 Å². The molecule has 0 radical (unpaired) electrons. The Hall–Kier alpha value is -1.50. The summed E-state index contributed by atoms with van der Waals surface area (Å²) in [4.78, 5) is 26.8. The van der Waals surface area contributed by atoms with Crippen LogP contribution in [-0.4, -0.2) is 49.5 Å². The lowest BCUT2D eigenvalue weighted by molar-refractivity contribution is -0.126. The number of ether oxygens (including phenoxy) is 1. The number of amides is 2. The summed E-state index contributed by atoms with van der Waals surface area (Å²) in [6, 6.07) is 5.07. The summed E-state index contributed by atoms with van der Waals surface area (Å²) in [6.45, 7) is 4.42. The smallest absolute Gasteiger partial charge is 0.257 e. The molecule has 8 heteroatoms. The van der Waals surface area contributed by atoms with Gasteiger partial charge in [0.15, 0.2) is 0 Å². The fourth-order valence-electron chi connectivity index (χ4n) is 2.89. The molecule has 1 aliphatic rings. The largest absolute Gasteiger partial charge is 0.493 e. The van der Waals surface area contributed by atoms with E-state index in [1.54, 1.807) is 23.1 Å². The highest BCUT2D eigenvalue weighted by molar-refractivity contribution is 6.31. The maximum absolute atomic E-state index is 13.0. The predicted molar refractivity (Wildman–Crippen MR) is 105 cm³/mol. The molecule has 0 bridgehead atoms. The Kier molecular flexibility index (Phi) is 9.76.